The minimum Gasteiger partial charge on any atom is -0.398 e. The summed E-state index contributed by atoms with van der Waals surface area (Å²) in [6, 6.07) is 6.20. The molecule has 1 heterocycles. The third-order valence-corrected chi connectivity index (χ3v) is 3.50. The van der Waals surface area contributed by atoms with Crippen LogP contribution in [0.4, 0.5) is 11.4 Å². The zero-order chi connectivity index (χ0) is 12.1. The Morgan fingerprint density at radius 1 is 1.18 bits per heavy atom. The lowest BCUT2D eigenvalue weighted by Crippen LogP contribution is -2.21. The smallest absolute Gasteiger partial charge is 0.0431 e. The van der Waals surface area contributed by atoms with Gasteiger partial charge in [-0.1, -0.05) is 18.9 Å². The first-order chi connectivity index (χ1) is 8.33. The van der Waals surface area contributed by atoms with E-state index in [-0.39, 0.29) is 0 Å². The maximum atomic E-state index is 8.71. The van der Waals surface area contributed by atoms with Crippen molar-refractivity contribution >= 4 is 11.4 Å². The molecule has 0 unspecified atom stereocenters. The molecule has 0 saturated heterocycles. The van der Waals surface area contributed by atoms with Gasteiger partial charge >= 0.3 is 0 Å². The molecule has 3 N–H and O–H groups in total. The van der Waals surface area contributed by atoms with Crippen LogP contribution in [0.25, 0.3) is 0 Å². The molecule has 3 heteroatoms. The van der Waals surface area contributed by atoms with Crippen molar-refractivity contribution < 1.29 is 5.11 Å². The van der Waals surface area contributed by atoms with E-state index in [9.17, 15) is 0 Å². The summed E-state index contributed by atoms with van der Waals surface area (Å²) in [5, 5.41) is 8.71. The molecule has 0 amide bonds. The van der Waals surface area contributed by atoms with Gasteiger partial charge in [0, 0.05) is 36.6 Å². The molecule has 0 radical (unpaired) electrons. The number of unbranched alkanes of at least 4 members (excludes halogenated alkanes) is 3. The van der Waals surface area contributed by atoms with Gasteiger partial charge in [0.1, 0.15) is 0 Å². The molecular weight excluding hydrogens is 212 g/mol. The van der Waals surface area contributed by atoms with Gasteiger partial charge < -0.3 is 15.7 Å². The summed E-state index contributed by atoms with van der Waals surface area (Å²) in [7, 11) is 0. The lowest BCUT2D eigenvalue weighted by molar-refractivity contribution is 0.282. The fourth-order valence-corrected chi connectivity index (χ4v) is 2.53. The zero-order valence-corrected chi connectivity index (χ0v) is 10.4. The first-order valence-corrected chi connectivity index (χ1v) is 6.56. The second-order valence-corrected chi connectivity index (χ2v) is 4.72. The van der Waals surface area contributed by atoms with Crippen LogP contribution in [0, 0.1) is 0 Å². The van der Waals surface area contributed by atoms with E-state index in [4.69, 9.17) is 10.8 Å². The van der Waals surface area contributed by atoms with Crippen molar-refractivity contribution in [3.05, 3.63) is 23.8 Å². The molecule has 0 fully saturated rings. The van der Waals surface area contributed by atoms with Crippen molar-refractivity contribution in [1.82, 2.24) is 0 Å². The molecule has 0 bridgehead atoms. The molecule has 1 aliphatic rings. The monoisotopic (exact) mass is 234 g/mol. The molecule has 1 aliphatic heterocycles. The van der Waals surface area contributed by atoms with Crippen LogP contribution < -0.4 is 10.6 Å². The predicted octanol–water partition coefficient (Wildman–Crippen LogP) is 2.18. The highest BCUT2D eigenvalue weighted by Gasteiger charge is 2.19. The molecular formula is C14H22N2O. The van der Waals surface area contributed by atoms with Gasteiger partial charge in [-0.05, 0) is 31.4 Å². The standard InChI is InChI=1S/C14H22N2O/c15-13-6-5-7-14-12(13)8-10-16(14)9-3-1-2-4-11-17/h5-7,17H,1-4,8-11,15H2. The molecule has 2 rings (SSSR count). The van der Waals surface area contributed by atoms with Gasteiger partial charge in [0.25, 0.3) is 0 Å². The number of nitrogens with zero attached hydrogens (tertiary/aromatic N) is 1. The van der Waals surface area contributed by atoms with Crippen LogP contribution in [0.2, 0.25) is 0 Å². The third-order valence-electron chi connectivity index (χ3n) is 3.50. The molecule has 0 aliphatic carbocycles. The van der Waals surface area contributed by atoms with Gasteiger partial charge in [0.15, 0.2) is 0 Å². The number of nitrogens with two attached hydrogens (primary N) is 1. The van der Waals surface area contributed by atoms with E-state index in [2.05, 4.69) is 11.0 Å². The molecule has 0 aromatic heterocycles. The lowest BCUT2D eigenvalue weighted by atomic mass is 10.1. The number of rotatable bonds is 6. The molecule has 1 aromatic rings. The Hall–Kier alpha value is -1.22. The van der Waals surface area contributed by atoms with Gasteiger partial charge in [-0.3, -0.25) is 0 Å². The summed E-state index contributed by atoms with van der Waals surface area (Å²) in [6.45, 7) is 2.54. The zero-order valence-electron chi connectivity index (χ0n) is 10.4. The first kappa shape index (κ1) is 12.2. The number of fused-ring (bicyclic) bond motifs is 1. The van der Waals surface area contributed by atoms with Crippen molar-refractivity contribution in [3.8, 4) is 0 Å². The summed E-state index contributed by atoms with van der Waals surface area (Å²) >= 11 is 0. The van der Waals surface area contributed by atoms with Crippen molar-refractivity contribution in [1.29, 1.82) is 0 Å². The molecule has 3 nitrogen and oxygen atoms in total. The first-order valence-electron chi connectivity index (χ1n) is 6.56. The Kier molecular flexibility index (Phi) is 4.26. The van der Waals surface area contributed by atoms with E-state index < -0.39 is 0 Å². The number of hydrogen-bond donors (Lipinski definition) is 2. The minimum absolute atomic E-state index is 0.323. The average molecular weight is 234 g/mol. The van der Waals surface area contributed by atoms with Crippen LogP contribution in [0.15, 0.2) is 18.2 Å². The lowest BCUT2D eigenvalue weighted by Gasteiger charge is -2.19. The van der Waals surface area contributed by atoms with Crippen LogP contribution >= 0.6 is 0 Å². The maximum absolute atomic E-state index is 8.71. The minimum atomic E-state index is 0.323. The van der Waals surface area contributed by atoms with Crippen molar-refractivity contribution in [2.45, 2.75) is 32.1 Å². The summed E-state index contributed by atoms with van der Waals surface area (Å²) in [5.74, 6) is 0. The number of aliphatic hydroxyl groups excluding tert-OH is 1. The number of aliphatic hydroxyl groups is 1. The number of hydrogen-bond acceptors (Lipinski definition) is 3. The van der Waals surface area contributed by atoms with E-state index in [0.29, 0.717) is 6.61 Å². The second kappa shape index (κ2) is 5.92. The van der Waals surface area contributed by atoms with E-state index >= 15 is 0 Å². The van der Waals surface area contributed by atoms with Crippen LogP contribution in [-0.2, 0) is 6.42 Å². The quantitative estimate of drug-likeness (QED) is 0.586. The second-order valence-electron chi connectivity index (χ2n) is 4.72. The van der Waals surface area contributed by atoms with Crippen LogP contribution in [0.5, 0.6) is 0 Å². The molecule has 0 spiro atoms. The topological polar surface area (TPSA) is 49.5 Å². The van der Waals surface area contributed by atoms with Crippen LogP contribution in [0.3, 0.4) is 0 Å². The Morgan fingerprint density at radius 2 is 2.00 bits per heavy atom. The normalized spacial score (nSPS) is 14.1. The highest BCUT2D eigenvalue weighted by atomic mass is 16.2. The summed E-state index contributed by atoms with van der Waals surface area (Å²) < 4.78 is 0. The number of anilines is 2. The average Bonchev–Trinajstić information content (AvgIpc) is 2.74. The Balaban J connectivity index is 1.83. The van der Waals surface area contributed by atoms with Gasteiger partial charge in [-0.2, -0.15) is 0 Å². The molecule has 0 atom stereocenters. The molecule has 0 saturated carbocycles. The summed E-state index contributed by atoms with van der Waals surface area (Å²) in [5.41, 5.74) is 9.56. The Morgan fingerprint density at radius 3 is 2.82 bits per heavy atom. The highest BCUT2D eigenvalue weighted by molar-refractivity contribution is 5.68. The fraction of sp³-hybridized carbons (Fsp3) is 0.571. The van der Waals surface area contributed by atoms with E-state index in [0.717, 1.165) is 38.0 Å². The SMILES string of the molecule is Nc1cccc2c1CCN2CCCCCCO. The van der Waals surface area contributed by atoms with Crippen molar-refractivity contribution in [2.75, 3.05) is 30.3 Å². The molecule has 1 aromatic carbocycles. The van der Waals surface area contributed by atoms with E-state index in [1.54, 1.807) is 0 Å². The predicted molar refractivity (Wildman–Crippen MR) is 72.3 cm³/mol. The third kappa shape index (κ3) is 2.91. The van der Waals surface area contributed by atoms with Gasteiger partial charge in [0.2, 0.25) is 0 Å². The summed E-state index contributed by atoms with van der Waals surface area (Å²) in [6.07, 6.45) is 5.55. The van der Waals surface area contributed by atoms with E-state index in [1.807, 2.05) is 12.1 Å². The van der Waals surface area contributed by atoms with Crippen LogP contribution in [0.1, 0.15) is 31.2 Å². The molecule has 94 valence electrons. The maximum Gasteiger partial charge on any atom is 0.0431 e. The van der Waals surface area contributed by atoms with Gasteiger partial charge in [0.05, 0.1) is 0 Å². The van der Waals surface area contributed by atoms with Crippen molar-refractivity contribution in [2.24, 2.45) is 0 Å². The van der Waals surface area contributed by atoms with Gasteiger partial charge in [-0.15, -0.1) is 0 Å². The number of nitrogen functional groups attached to an aromatic ring is 1. The van der Waals surface area contributed by atoms with Crippen LogP contribution in [-0.4, -0.2) is 24.8 Å². The summed E-state index contributed by atoms with van der Waals surface area (Å²) in [4.78, 5) is 2.44. The number of benzene rings is 1. The fourth-order valence-electron chi connectivity index (χ4n) is 2.53. The Bertz CT molecular complexity index is 365. The van der Waals surface area contributed by atoms with Gasteiger partial charge in [-0.25, -0.2) is 0 Å². The Labute approximate surface area is 103 Å². The highest BCUT2D eigenvalue weighted by Crippen LogP contribution is 2.32. The largest absolute Gasteiger partial charge is 0.398 e. The van der Waals surface area contributed by atoms with E-state index in [1.165, 1.54) is 24.1 Å². The van der Waals surface area contributed by atoms with Crippen molar-refractivity contribution in [3.63, 3.8) is 0 Å². The molecule has 17 heavy (non-hydrogen) atoms.